The standard InChI is InChI=1S/C2H5O2.Ti/c3-1-2-4;/h1,3-4H,2H2;/q-1;. The monoisotopic (exact) mass is 109 g/mol. The Hall–Kier alpha value is 0.634. The molecule has 0 rings (SSSR count). The van der Waals surface area contributed by atoms with Gasteiger partial charge in [-0.05, 0) is 0 Å². The van der Waals surface area contributed by atoms with Gasteiger partial charge in [0.15, 0.2) is 0 Å². The molecule has 0 aliphatic rings. The Balaban J connectivity index is 0. The first-order valence-electron chi connectivity index (χ1n) is 0.983. The molecule has 0 atom stereocenters. The van der Waals surface area contributed by atoms with Gasteiger partial charge in [-0.1, -0.05) is 6.61 Å². The molecule has 0 amide bonds. The van der Waals surface area contributed by atoms with Crippen LogP contribution in [0.1, 0.15) is 0 Å². The Bertz CT molecular complexity index is 9.61. The maximum absolute atomic E-state index is 7.57. The molecular weight excluding hydrogens is 104 g/mol. The molecule has 0 saturated carbocycles. The number of rotatable bonds is 1. The second-order valence-electron chi connectivity index (χ2n) is 0.365. The molecule has 0 spiro atoms. The van der Waals surface area contributed by atoms with Crippen molar-refractivity contribution in [3.63, 3.8) is 0 Å². The Morgan fingerprint density at radius 3 is 1.80 bits per heavy atom. The van der Waals surface area contributed by atoms with Gasteiger partial charge in [0.1, 0.15) is 0 Å². The van der Waals surface area contributed by atoms with E-state index in [9.17, 15) is 0 Å². The third-order valence-electron chi connectivity index (χ3n) is 0.0816. The fourth-order valence-electron chi connectivity index (χ4n) is 0. The van der Waals surface area contributed by atoms with Crippen molar-refractivity contribution < 1.29 is 31.9 Å². The van der Waals surface area contributed by atoms with E-state index in [0.29, 0.717) is 6.61 Å². The molecule has 0 bridgehead atoms. The summed E-state index contributed by atoms with van der Waals surface area (Å²) < 4.78 is 0. The van der Waals surface area contributed by atoms with Gasteiger partial charge in [0.2, 0.25) is 0 Å². The zero-order valence-corrected chi connectivity index (χ0v) is 4.24. The molecule has 0 fully saturated rings. The van der Waals surface area contributed by atoms with Crippen LogP contribution in [-0.4, -0.2) is 16.8 Å². The molecule has 0 heterocycles. The van der Waals surface area contributed by atoms with Crippen LogP contribution in [0.15, 0.2) is 0 Å². The van der Waals surface area contributed by atoms with E-state index in [2.05, 4.69) is 0 Å². The van der Waals surface area contributed by atoms with E-state index in [1.807, 2.05) is 0 Å². The molecule has 2 N–H and O–H groups in total. The summed E-state index contributed by atoms with van der Waals surface area (Å²) in [5.74, 6) is 0. The average Bonchev–Trinajstić information content (AvgIpc) is 1.37. The predicted octanol–water partition coefficient (Wildman–Crippen LogP) is -0.490. The van der Waals surface area contributed by atoms with Crippen molar-refractivity contribution in [1.29, 1.82) is 0 Å². The van der Waals surface area contributed by atoms with Crippen LogP contribution in [0.5, 0.6) is 0 Å². The molecule has 0 aromatic carbocycles. The van der Waals surface area contributed by atoms with Crippen LogP contribution in [0.2, 0.25) is 0 Å². The molecule has 0 aliphatic carbocycles. The van der Waals surface area contributed by atoms with Crippen molar-refractivity contribution in [2.24, 2.45) is 0 Å². The predicted molar refractivity (Wildman–Crippen MR) is 13.3 cm³/mol. The fraction of sp³-hybridized carbons (Fsp3) is 0.500. The maximum Gasteiger partial charge on any atom is 0 e. The summed E-state index contributed by atoms with van der Waals surface area (Å²) in [5, 5.41) is 15.1. The molecule has 0 saturated heterocycles. The smallest absolute Gasteiger partial charge is 0 e. The van der Waals surface area contributed by atoms with Gasteiger partial charge in [-0.25, -0.2) is 0 Å². The summed E-state index contributed by atoms with van der Waals surface area (Å²) in [7, 11) is 0. The molecule has 3 heteroatoms. The summed E-state index contributed by atoms with van der Waals surface area (Å²) in [6.45, 7) is 0.431. The average molecular weight is 109 g/mol. The van der Waals surface area contributed by atoms with Crippen LogP contribution < -0.4 is 0 Å². The van der Waals surface area contributed by atoms with Gasteiger partial charge in [0, 0.05) is 21.7 Å². The molecular formula is C2H5O2Ti-. The molecule has 0 aromatic rings. The molecule has 5 heavy (non-hydrogen) atoms. The fourth-order valence-corrected chi connectivity index (χ4v) is 0. The minimum Gasteiger partial charge on any atom is -0.564 e. The minimum atomic E-state index is -0.250. The van der Waals surface area contributed by atoms with Crippen molar-refractivity contribution in [3.05, 3.63) is 6.61 Å². The third kappa shape index (κ3) is 12.0. The van der Waals surface area contributed by atoms with E-state index in [0.717, 1.165) is 0 Å². The zero-order chi connectivity index (χ0) is 3.41. The number of hydrogen-bond donors (Lipinski definition) is 2. The summed E-state index contributed by atoms with van der Waals surface area (Å²) in [4.78, 5) is 0. The minimum absolute atomic E-state index is 0. The van der Waals surface area contributed by atoms with E-state index >= 15 is 0 Å². The summed E-state index contributed by atoms with van der Waals surface area (Å²) in [5.41, 5.74) is 0. The van der Waals surface area contributed by atoms with Gasteiger partial charge in [-0.2, -0.15) is 6.61 Å². The van der Waals surface area contributed by atoms with Crippen molar-refractivity contribution in [3.8, 4) is 0 Å². The molecule has 0 aromatic heterocycles. The Morgan fingerprint density at radius 2 is 1.80 bits per heavy atom. The summed E-state index contributed by atoms with van der Waals surface area (Å²) in [6.07, 6.45) is 0. The largest absolute Gasteiger partial charge is 0.564 e. The van der Waals surface area contributed by atoms with Crippen molar-refractivity contribution in [2.75, 3.05) is 6.61 Å². The van der Waals surface area contributed by atoms with Crippen LogP contribution in [-0.2, 0) is 21.7 Å². The van der Waals surface area contributed by atoms with E-state index in [1.165, 1.54) is 0 Å². The van der Waals surface area contributed by atoms with Crippen LogP contribution in [0.4, 0.5) is 0 Å². The van der Waals surface area contributed by atoms with Gasteiger partial charge in [0.05, 0.1) is 0 Å². The second-order valence-corrected chi connectivity index (χ2v) is 0.365. The molecule has 30 valence electrons. The molecule has 2 nitrogen and oxygen atoms in total. The van der Waals surface area contributed by atoms with Gasteiger partial charge >= 0.3 is 0 Å². The van der Waals surface area contributed by atoms with Gasteiger partial charge in [0.25, 0.3) is 0 Å². The second kappa shape index (κ2) is 8.82. The quantitative estimate of drug-likeness (QED) is 0.352. The Labute approximate surface area is 45.7 Å². The Kier molecular flexibility index (Phi) is 16.2. The molecule has 0 aliphatic heterocycles. The first-order chi connectivity index (χ1) is 1.91. The van der Waals surface area contributed by atoms with E-state index in [1.54, 1.807) is 0 Å². The van der Waals surface area contributed by atoms with Crippen LogP contribution in [0.3, 0.4) is 0 Å². The first kappa shape index (κ1) is 9.16. The van der Waals surface area contributed by atoms with E-state index in [4.69, 9.17) is 10.2 Å². The Morgan fingerprint density at radius 1 is 1.60 bits per heavy atom. The molecule has 0 radical (unpaired) electrons. The number of hydrogen-bond acceptors (Lipinski definition) is 2. The maximum atomic E-state index is 7.57. The van der Waals surface area contributed by atoms with Crippen molar-refractivity contribution in [2.45, 2.75) is 0 Å². The van der Waals surface area contributed by atoms with E-state index in [-0.39, 0.29) is 28.3 Å². The normalized spacial score (nSPS) is 6.00. The van der Waals surface area contributed by atoms with Gasteiger partial charge < -0.3 is 10.2 Å². The molecule has 0 unspecified atom stereocenters. The number of aliphatic hydroxyl groups is 2. The third-order valence-corrected chi connectivity index (χ3v) is 0.0816. The SMILES string of the molecule is O[CH-]CO.[Ti]. The van der Waals surface area contributed by atoms with E-state index < -0.39 is 0 Å². The van der Waals surface area contributed by atoms with Crippen LogP contribution in [0.25, 0.3) is 0 Å². The van der Waals surface area contributed by atoms with Crippen LogP contribution >= 0.6 is 0 Å². The first-order valence-corrected chi connectivity index (χ1v) is 0.983. The summed E-state index contributed by atoms with van der Waals surface area (Å²) in [6, 6.07) is 0. The van der Waals surface area contributed by atoms with Crippen LogP contribution in [0, 0.1) is 6.61 Å². The zero-order valence-electron chi connectivity index (χ0n) is 2.68. The number of aliphatic hydroxyl groups excluding tert-OH is 2. The topological polar surface area (TPSA) is 40.5 Å². The van der Waals surface area contributed by atoms with Gasteiger partial charge in [-0.15, -0.1) is 0 Å². The van der Waals surface area contributed by atoms with Gasteiger partial charge in [-0.3, -0.25) is 0 Å². The van der Waals surface area contributed by atoms with Crippen molar-refractivity contribution >= 4 is 0 Å². The van der Waals surface area contributed by atoms with Crippen molar-refractivity contribution in [1.82, 2.24) is 0 Å². The summed E-state index contributed by atoms with van der Waals surface area (Å²) >= 11 is 0.